The predicted molar refractivity (Wildman–Crippen MR) is 118 cm³/mol. The molecule has 2 aromatic carbocycles. The molecule has 2 aromatic rings. The number of nitrogens with zero attached hydrogens (tertiary/aromatic N) is 2. The summed E-state index contributed by atoms with van der Waals surface area (Å²) in [6.07, 6.45) is 1.83. The Kier molecular flexibility index (Phi) is 5.50. The van der Waals surface area contributed by atoms with Gasteiger partial charge in [0.2, 0.25) is 0 Å². The molecule has 31 heavy (non-hydrogen) atoms. The number of benzene rings is 2. The maximum absolute atomic E-state index is 13.3. The van der Waals surface area contributed by atoms with E-state index in [0.29, 0.717) is 40.9 Å². The normalized spacial score (nSPS) is 20.7. The standard InChI is InChI=1S/C24H23N3O4/c1-14-11-12-16(13-19(14)27(30)31)22-21(24(29)26-17-7-4-3-5-8-17)15(2)25-18-9-6-10-20(28)23(18)22/h3-5,7-8,11-13,22-23H,6,9-10H2,1-2H3,(H,26,29)/t22-,23?/m0/s1. The number of anilines is 1. The summed E-state index contributed by atoms with van der Waals surface area (Å²) in [6.45, 7) is 3.43. The second-order valence-electron chi connectivity index (χ2n) is 8.00. The monoisotopic (exact) mass is 417 g/mol. The summed E-state index contributed by atoms with van der Waals surface area (Å²) in [4.78, 5) is 42.1. The quantitative estimate of drug-likeness (QED) is 0.574. The van der Waals surface area contributed by atoms with Gasteiger partial charge in [0, 0.05) is 46.6 Å². The zero-order valence-corrected chi connectivity index (χ0v) is 17.4. The largest absolute Gasteiger partial charge is 0.322 e. The number of rotatable bonds is 4. The number of aliphatic imine (C=N–C) groups is 1. The minimum atomic E-state index is -0.608. The van der Waals surface area contributed by atoms with E-state index < -0.39 is 16.8 Å². The lowest BCUT2D eigenvalue weighted by atomic mass is 9.69. The maximum Gasteiger partial charge on any atom is 0.272 e. The molecule has 1 saturated carbocycles. The number of fused-ring (bicyclic) bond motifs is 1. The zero-order valence-electron chi connectivity index (χ0n) is 17.4. The van der Waals surface area contributed by atoms with Crippen molar-refractivity contribution in [3.63, 3.8) is 0 Å². The van der Waals surface area contributed by atoms with Gasteiger partial charge in [-0.3, -0.25) is 24.7 Å². The second kappa shape index (κ2) is 8.26. The summed E-state index contributed by atoms with van der Waals surface area (Å²) in [7, 11) is 0. The van der Waals surface area contributed by atoms with Crippen molar-refractivity contribution in [2.24, 2.45) is 10.9 Å². The van der Waals surface area contributed by atoms with E-state index in [9.17, 15) is 19.7 Å². The molecule has 1 fully saturated rings. The third-order valence-corrected chi connectivity index (χ3v) is 5.97. The van der Waals surface area contributed by atoms with Gasteiger partial charge in [-0.25, -0.2) is 0 Å². The lowest BCUT2D eigenvalue weighted by Crippen LogP contribution is -2.39. The van der Waals surface area contributed by atoms with Crippen LogP contribution in [0, 0.1) is 23.0 Å². The molecule has 7 heteroatoms. The Morgan fingerprint density at radius 3 is 2.55 bits per heavy atom. The van der Waals surface area contributed by atoms with Gasteiger partial charge < -0.3 is 5.32 Å². The number of amides is 1. The molecule has 2 aliphatic rings. The van der Waals surface area contributed by atoms with Crippen LogP contribution in [0.4, 0.5) is 11.4 Å². The summed E-state index contributed by atoms with van der Waals surface area (Å²) in [5.41, 5.74) is 3.41. The number of carbonyl (C=O) groups is 2. The molecule has 0 bridgehead atoms. The van der Waals surface area contributed by atoms with Crippen LogP contribution < -0.4 is 5.32 Å². The van der Waals surface area contributed by atoms with Crippen LogP contribution in [0.3, 0.4) is 0 Å². The van der Waals surface area contributed by atoms with Crippen LogP contribution in [-0.4, -0.2) is 22.3 Å². The highest BCUT2D eigenvalue weighted by Gasteiger charge is 2.43. The number of para-hydroxylation sites is 1. The third-order valence-electron chi connectivity index (χ3n) is 5.97. The van der Waals surface area contributed by atoms with Crippen molar-refractivity contribution in [2.75, 3.05) is 5.32 Å². The molecule has 1 unspecified atom stereocenters. The number of Topliss-reactive ketones (excluding diaryl/α,β-unsaturated/α-hetero) is 1. The zero-order chi connectivity index (χ0) is 22.1. The van der Waals surface area contributed by atoms with Gasteiger partial charge in [-0.1, -0.05) is 30.3 Å². The summed E-state index contributed by atoms with van der Waals surface area (Å²) >= 11 is 0. The Balaban J connectivity index is 1.84. The van der Waals surface area contributed by atoms with E-state index in [1.54, 1.807) is 38.1 Å². The number of aryl methyl sites for hydroxylation is 1. The van der Waals surface area contributed by atoms with Crippen molar-refractivity contribution < 1.29 is 14.5 Å². The average molecular weight is 417 g/mol. The molecule has 4 rings (SSSR count). The minimum Gasteiger partial charge on any atom is -0.322 e. The third kappa shape index (κ3) is 3.91. The maximum atomic E-state index is 13.3. The molecule has 158 valence electrons. The molecule has 1 aliphatic carbocycles. The molecule has 7 nitrogen and oxygen atoms in total. The van der Waals surface area contributed by atoms with E-state index in [0.717, 1.165) is 12.1 Å². The molecular weight excluding hydrogens is 394 g/mol. The first-order valence-electron chi connectivity index (χ1n) is 10.3. The van der Waals surface area contributed by atoms with Gasteiger partial charge in [0.1, 0.15) is 5.78 Å². The molecule has 1 aliphatic heterocycles. The fraction of sp³-hybridized carbons (Fsp3) is 0.292. The highest BCUT2D eigenvalue weighted by atomic mass is 16.6. The number of nitrogens with one attached hydrogen (secondary N) is 1. The van der Waals surface area contributed by atoms with E-state index >= 15 is 0 Å². The van der Waals surface area contributed by atoms with Gasteiger partial charge in [0.25, 0.3) is 11.6 Å². The van der Waals surface area contributed by atoms with Crippen LogP contribution in [0.1, 0.15) is 43.2 Å². The van der Waals surface area contributed by atoms with Crippen molar-refractivity contribution in [1.29, 1.82) is 0 Å². The molecule has 1 amide bonds. The molecule has 1 N–H and O–H groups in total. The number of carbonyl (C=O) groups excluding carboxylic acids is 2. The lowest BCUT2D eigenvalue weighted by Gasteiger charge is -2.36. The Hall–Kier alpha value is -3.61. The van der Waals surface area contributed by atoms with Crippen molar-refractivity contribution in [3.8, 4) is 0 Å². The number of allylic oxidation sites excluding steroid dienone is 1. The molecular formula is C24H23N3O4. The van der Waals surface area contributed by atoms with Crippen molar-refractivity contribution in [3.05, 3.63) is 81.0 Å². The van der Waals surface area contributed by atoms with Gasteiger partial charge in [0.05, 0.1) is 10.8 Å². The Morgan fingerprint density at radius 1 is 1.10 bits per heavy atom. The van der Waals surface area contributed by atoms with E-state index in [4.69, 9.17) is 0 Å². The van der Waals surface area contributed by atoms with E-state index in [-0.39, 0.29) is 17.4 Å². The van der Waals surface area contributed by atoms with Crippen LogP contribution in [-0.2, 0) is 9.59 Å². The average Bonchev–Trinajstić information content (AvgIpc) is 2.73. The van der Waals surface area contributed by atoms with Crippen LogP contribution in [0.2, 0.25) is 0 Å². The number of nitro groups is 1. The first kappa shape index (κ1) is 20.7. The van der Waals surface area contributed by atoms with E-state index in [1.165, 1.54) is 6.07 Å². The Labute approximate surface area is 180 Å². The van der Waals surface area contributed by atoms with Gasteiger partial charge in [0.15, 0.2) is 0 Å². The van der Waals surface area contributed by atoms with Gasteiger partial charge in [-0.15, -0.1) is 0 Å². The lowest BCUT2D eigenvalue weighted by molar-refractivity contribution is -0.385. The molecule has 0 radical (unpaired) electrons. The van der Waals surface area contributed by atoms with Crippen LogP contribution >= 0.6 is 0 Å². The highest BCUT2D eigenvalue weighted by Crippen LogP contribution is 2.44. The fourth-order valence-corrected chi connectivity index (χ4v) is 4.51. The van der Waals surface area contributed by atoms with Crippen molar-refractivity contribution >= 4 is 28.8 Å². The van der Waals surface area contributed by atoms with Gasteiger partial charge in [-0.05, 0) is 44.4 Å². The first-order valence-corrected chi connectivity index (χ1v) is 10.3. The van der Waals surface area contributed by atoms with E-state index in [2.05, 4.69) is 10.3 Å². The molecule has 0 saturated heterocycles. The molecule has 1 heterocycles. The summed E-state index contributed by atoms with van der Waals surface area (Å²) in [6, 6.07) is 14.0. The smallest absolute Gasteiger partial charge is 0.272 e. The summed E-state index contributed by atoms with van der Waals surface area (Å²) < 4.78 is 0. The molecule has 0 spiro atoms. The molecule has 0 aromatic heterocycles. The summed E-state index contributed by atoms with van der Waals surface area (Å²) in [5, 5.41) is 14.4. The van der Waals surface area contributed by atoms with Gasteiger partial charge in [-0.2, -0.15) is 0 Å². The second-order valence-corrected chi connectivity index (χ2v) is 8.00. The Morgan fingerprint density at radius 2 is 1.84 bits per heavy atom. The molecule has 2 atom stereocenters. The number of hydrogen-bond acceptors (Lipinski definition) is 5. The first-order chi connectivity index (χ1) is 14.9. The van der Waals surface area contributed by atoms with Crippen LogP contribution in [0.15, 0.2) is 64.8 Å². The SMILES string of the molecule is CC1=C(C(=O)Nc2ccccc2)[C@H](c2ccc(C)c([N+](=O)[O-])c2)C2C(=O)CCCC2=N1. The topological polar surface area (TPSA) is 102 Å². The van der Waals surface area contributed by atoms with Crippen molar-refractivity contribution in [2.45, 2.75) is 39.0 Å². The summed E-state index contributed by atoms with van der Waals surface area (Å²) in [5.74, 6) is -1.51. The van der Waals surface area contributed by atoms with Crippen LogP contribution in [0.25, 0.3) is 0 Å². The van der Waals surface area contributed by atoms with E-state index in [1.807, 2.05) is 18.2 Å². The number of hydrogen-bond donors (Lipinski definition) is 1. The van der Waals surface area contributed by atoms with Crippen LogP contribution in [0.5, 0.6) is 0 Å². The predicted octanol–water partition coefficient (Wildman–Crippen LogP) is 4.72. The van der Waals surface area contributed by atoms with Crippen molar-refractivity contribution in [1.82, 2.24) is 0 Å². The Bertz CT molecular complexity index is 1130. The number of nitro benzene ring substituents is 1. The van der Waals surface area contributed by atoms with Gasteiger partial charge >= 0.3 is 0 Å². The minimum absolute atomic E-state index is 0.0229. The fourth-order valence-electron chi connectivity index (χ4n) is 4.51. The highest BCUT2D eigenvalue weighted by molar-refractivity contribution is 6.14. The number of ketones is 1.